The summed E-state index contributed by atoms with van der Waals surface area (Å²) >= 11 is 6.10. The van der Waals surface area contributed by atoms with E-state index in [0.29, 0.717) is 18.5 Å². The second-order valence-corrected chi connectivity index (χ2v) is 6.45. The topological polar surface area (TPSA) is 84.5 Å². The van der Waals surface area contributed by atoms with Gasteiger partial charge in [0, 0.05) is 5.69 Å². The number of nitrogens with one attached hydrogen (secondary N) is 2. The molecule has 1 aliphatic carbocycles. The SMILES string of the molecule is COC(=O)c1ccc(Cl)c(NC(=O)C2(C(=O)Nc3ccccc3)CC2)c1. The summed E-state index contributed by atoms with van der Waals surface area (Å²) in [5.74, 6) is -1.35. The number of amides is 2. The summed E-state index contributed by atoms with van der Waals surface area (Å²) in [7, 11) is 1.27. The van der Waals surface area contributed by atoms with E-state index in [1.165, 1.54) is 25.3 Å². The first-order chi connectivity index (χ1) is 12.5. The predicted molar refractivity (Wildman–Crippen MR) is 98.2 cm³/mol. The molecule has 0 heterocycles. The van der Waals surface area contributed by atoms with E-state index in [2.05, 4.69) is 15.4 Å². The molecule has 2 N–H and O–H groups in total. The van der Waals surface area contributed by atoms with Crippen molar-refractivity contribution in [1.82, 2.24) is 0 Å². The molecule has 7 heteroatoms. The van der Waals surface area contributed by atoms with E-state index in [1.54, 1.807) is 24.3 Å². The fraction of sp³-hybridized carbons (Fsp3) is 0.211. The van der Waals surface area contributed by atoms with Gasteiger partial charge in [0.1, 0.15) is 5.41 Å². The highest BCUT2D eigenvalue weighted by Gasteiger charge is 2.56. The van der Waals surface area contributed by atoms with Crippen LogP contribution in [0.4, 0.5) is 11.4 Å². The van der Waals surface area contributed by atoms with E-state index in [1.807, 2.05) is 6.07 Å². The third kappa shape index (κ3) is 3.55. The van der Waals surface area contributed by atoms with Gasteiger partial charge >= 0.3 is 5.97 Å². The highest BCUT2D eigenvalue weighted by molar-refractivity contribution is 6.34. The maximum Gasteiger partial charge on any atom is 0.337 e. The Balaban J connectivity index is 1.75. The van der Waals surface area contributed by atoms with E-state index >= 15 is 0 Å². The lowest BCUT2D eigenvalue weighted by Gasteiger charge is -2.16. The molecule has 0 spiro atoms. The van der Waals surface area contributed by atoms with Crippen molar-refractivity contribution < 1.29 is 19.1 Å². The van der Waals surface area contributed by atoms with Crippen molar-refractivity contribution in [3.8, 4) is 0 Å². The van der Waals surface area contributed by atoms with Gasteiger partial charge in [0.15, 0.2) is 0 Å². The molecule has 1 saturated carbocycles. The zero-order valence-corrected chi connectivity index (χ0v) is 14.8. The van der Waals surface area contributed by atoms with Gasteiger partial charge in [0.2, 0.25) is 11.8 Å². The van der Waals surface area contributed by atoms with Crippen molar-refractivity contribution in [1.29, 1.82) is 0 Å². The Kier molecular flexibility index (Phi) is 4.95. The first kappa shape index (κ1) is 17.9. The number of para-hydroxylation sites is 1. The number of esters is 1. The second-order valence-electron chi connectivity index (χ2n) is 6.04. The second kappa shape index (κ2) is 7.17. The van der Waals surface area contributed by atoms with Crippen LogP contribution >= 0.6 is 11.6 Å². The van der Waals surface area contributed by atoms with Crippen molar-refractivity contribution >= 4 is 40.8 Å². The van der Waals surface area contributed by atoms with Crippen LogP contribution < -0.4 is 10.6 Å². The number of anilines is 2. The van der Waals surface area contributed by atoms with Gasteiger partial charge in [-0.25, -0.2) is 4.79 Å². The van der Waals surface area contributed by atoms with Gasteiger partial charge in [0.25, 0.3) is 0 Å². The molecule has 0 aromatic heterocycles. The zero-order chi connectivity index (χ0) is 18.7. The van der Waals surface area contributed by atoms with E-state index in [4.69, 9.17) is 11.6 Å². The third-order valence-electron chi connectivity index (χ3n) is 4.29. The number of carbonyl (C=O) groups excluding carboxylic acids is 3. The van der Waals surface area contributed by atoms with E-state index < -0.39 is 17.3 Å². The van der Waals surface area contributed by atoms with Gasteiger partial charge in [-0.3, -0.25) is 9.59 Å². The molecular weight excluding hydrogens is 356 g/mol. The quantitative estimate of drug-likeness (QED) is 0.621. The first-order valence-corrected chi connectivity index (χ1v) is 8.40. The fourth-order valence-corrected chi connectivity index (χ4v) is 2.73. The fourth-order valence-electron chi connectivity index (χ4n) is 2.56. The van der Waals surface area contributed by atoms with Crippen molar-refractivity contribution in [3.05, 3.63) is 59.1 Å². The third-order valence-corrected chi connectivity index (χ3v) is 4.62. The summed E-state index contributed by atoms with van der Waals surface area (Å²) in [6.07, 6.45) is 0.900. The molecule has 2 aromatic carbocycles. The van der Waals surface area contributed by atoms with Crippen LogP contribution in [0.1, 0.15) is 23.2 Å². The summed E-state index contributed by atoms with van der Waals surface area (Å²) in [6, 6.07) is 13.4. The van der Waals surface area contributed by atoms with E-state index in [0.717, 1.165) is 0 Å². The van der Waals surface area contributed by atoms with Crippen molar-refractivity contribution in [2.75, 3.05) is 17.7 Å². The average Bonchev–Trinajstić information content (AvgIpc) is 3.46. The lowest BCUT2D eigenvalue weighted by Crippen LogP contribution is -2.35. The largest absolute Gasteiger partial charge is 0.465 e. The molecule has 3 rings (SSSR count). The number of carbonyl (C=O) groups is 3. The highest BCUT2D eigenvalue weighted by atomic mass is 35.5. The maximum absolute atomic E-state index is 12.7. The molecule has 0 atom stereocenters. The molecular formula is C19H17ClN2O4. The summed E-state index contributed by atoms with van der Waals surface area (Å²) in [6.45, 7) is 0. The van der Waals surface area contributed by atoms with Gasteiger partial charge in [-0.15, -0.1) is 0 Å². The van der Waals surface area contributed by atoms with Crippen LogP contribution in [-0.4, -0.2) is 24.9 Å². The molecule has 2 aromatic rings. The van der Waals surface area contributed by atoms with Gasteiger partial charge in [-0.05, 0) is 43.2 Å². The van der Waals surface area contributed by atoms with Crippen LogP contribution in [0.2, 0.25) is 5.02 Å². The van der Waals surface area contributed by atoms with Crippen LogP contribution in [0, 0.1) is 5.41 Å². The van der Waals surface area contributed by atoms with Crippen LogP contribution in [0.5, 0.6) is 0 Å². The number of methoxy groups -OCH3 is 1. The predicted octanol–water partition coefficient (Wildman–Crippen LogP) is 3.48. The molecule has 0 saturated heterocycles. The standard InChI is InChI=1S/C19H17ClN2O4/c1-26-16(23)12-7-8-14(20)15(11-12)22-18(25)19(9-10-19)17(24)21-13-5-3-2-4-6-13/h2-8,11H,9-10H2,1H3,(H,21,24)(H,22,25). The van der Waals surface area contributed by atoms with Crippen LogP contribution in [0.3, 0.4) is 0 Å². The van der Waals surface area contributed by atoms with Gasteiger partial charge in [-0.1, -0.05) is 29.8 Å². The number of ether oxygens (including phenoxy) is 1. The molecule has 26 heavy (non-hydrogen) atoms. The molecule has 0 unspecified atom stereocenters. The molecule has 0 radical (unpaired) electrons. The molecule has 2 amide bonds. The minimum absolute atomic E-state index is 0.255. The smallest absolute Gasteiger partial charge is 0.337 e. The van der Waals surface area contributed by atoms with E-state index in [9.17, 15) is 14.4 Å². The Morgan fingerprint density at radius 2 is 1.65 bits per heavy atom. The zero-order valence-electron chi connectivity index (χ0n) is 14.0. The Hall–Kier alpha value is -2.86. The summed E-state index contributed by atoms with van der Waals surface area (Å²) in [5, 5.41) is 5.69. The Morgan fingerprint density at radius 1 is 1.00 bits per heavy atom. The molecule has 1 aliphatic rings. The number of hydrogen-bond acceptors (Lipinski definition) is 4. The lowest BCUT2D eigenvalue weighted by atomic mass is 10.0. The molecule has 134 valence electrons. The van der Waals surface area contributed by atoms with Crippen LogP contribution in [-0.2, 0) is 14.3 Å². The highest BCUT2D eigenvalue weighted by Crippen LogP contribution is 2.47. The van der Waals surface area contributed by atoms with Crippen LogP contribution in [0.15, 0.2) is 48.5 Å². The summed E-state index contributed by atoms with van der Waals surface area (Å²) in [4.78, 5) is 36.9. The summed E-state index contributed by atoms with van der Waals surface area (Å²) < 4.78 is 4.66. The minimum atomic E-state index is -1.12. The summed E-state index contributed by atoms with van der Waals surface area (Å²) in [5.41, 5.74) is 0.0203. The number of halogens is 1. The Bertz CT molecular complexity index is 863. The molecule has 0 bridgehead atoms. The van der Waals surface area contributed by atoms with Gasteiger partial charge < -0.3 is 15.4 Å². The Morgan fingerprint density at radius 3 is 2.27 bits per heavy atom. The number of benzene rings is 2. The number of hydrogen-bond donors (Lipinski definition) is 2. The first-order valence-electron chi connectivity index (χ1n) is 8.02. The average molecular weight is 373 g/mol. The minimum Gasteiger partial charge on any atom is -0.465 e. The lowest BCUT2D eigenvalue weighted by molar-refractivity contribution is -0.131. The normalized spacial score (nSPS) is 14.2. The monoisotopic (exact) mass is 372 g/mol. The molecule has 1 fully saturated rings. The van der Waals surface area contributed by atoms with Crippen molar-refractivity contribution in [2.45, 2.75) is 12.8 Å². The molecule has 0 aliphatic heterocycles. The maximum atomic E-state index is 12.7. The Labute approximate surface area is 155 Å². The van der Waals surface area contributed by atoms with Gasteiger partial charge in [0.05, 0.1) is 23.4 Å². The van der Waals surface area contributed by atoms with Crippen molar-refractivity contribution in [2.24, 2.45) is 5.41 Å². The van der Waals surface area contributed by atoms with E-state index in [-0.39, 0.29) is 22.2 Å². The number of rotatable bonds is 5. The van der Waals surface area contributed by atoms with Crippen LogP contribution in [0.25, 0.3) is 0 Å². The van der Waals surface area contributed by atoms with Gasteiger partial charge in [-0.2, -0.15) is 0 Å². The molecule has 6 nitrogen and oxygen atoms in total. The van der Waals surface area contributed by atoms with Crippen molar-refractivity contribution in [3.63, 3.8) is 0 Å².